The van der Waals surface area contributed by atoms with Crippen LogP contribution in [0.25, 0.3) is 66.8 Å². The summed E-state index contributed by atoms with van der Waals surface area (Å²) in [6.07, 6.45) is 0. The van der Waals surface area contributed by atoms with Crippen molar-refractivity contribution >= 4 is 97.4 Å². The minimum Gasteiger partial charge on any atom is -0.312 e. The maximum Gasteiger partial charge on any atom is 0.251 e. The molecule has 0 saturated carbocycles. The second-order valence-electron chi connectivity index (χ2n) is 22.3. The van der Waals surface area contributed by atoms with Crippen molar-refractivity contribution in [3.05, 3.63) is 309 Å². The highest BCUT2D eigenvalue weighted by atomic mass is 15.2. The van der Waals surface area contributed by atoms with Crippen LogP contribution >= 0.6 is 0 Å². The third-order valence-corrected chi connectivity index (χ3v) is 17.9. The molecule has 4 aliphatic rings. The van der Waals surface area contributed by atoms with Gasteiger partial charge in [0.05, 0.1) is 11.4 Å². The van der Waals surface area contributed by atoms with Crippen LogP contribution in [-0.2, 0) is 0 Å². The summed E-state index contributed by atoms with van der Waals surface area (Å²) >= 11 is 0. The first-order valence-corrected chi connectivity index (χ1v) is 28.9. The minimum atomic E-state index is -0.115. The van der Waals surface area contributed by atoms with E-state index in [1.54, 1.807) is 0 Å². The number of hydrogen-bond acceptors (Lipinski definition) is 3. The number of hydrogen-bond donors (Lipinski definition) is 0. The smallest absolute Gasteiger partial charge is 0.251 e. The summed E-state index contributed by atoms with van der Waals surface area (Å²) in [6, 6.07) is 115. The predicted molar refractivity (Wildman–Crippen MR) is 352 cm³/mol. The second-order valence-corrected chi connectivity index (χ2v) is 22.3. The molecule has 0 unspecified atom stereocenters. The summed E-state index contributed by atoms with van der Waals surface area (Å²) in [5.41, 5.74) is 32.8. The molecule has 384 valence electrons. The van der Waals surface area contributed by atoms with E-state index >= 15 is 0 Å². The van der Waals surface area contributed by atoms with Crippen molar-refractivity contribution in [2.24, 2.45) is 0 Å². The molecule has 0 saturated heterocycles. The van der Waals surface area contributed by atoms with Crippen LogP contribution in [-0.4, -0.2) is 13.4 Å². The summed E-state index contributed by atoms with van der Waals surface area (Å²) in [4.78, 5) is 7.83. The third kappa shape index (κ3) is 7.41. The molecule has 0 radical (unpaired) electrons. The van der Waals surface area contributed by atoms with E-state index in [0.717, 1.165) is 34.1 Å². The van der Waals surface area contributed by atoms with E-state index in [1.165, 1.54) is 117 Å². The summed E-state index contributed by atoms with van der Waals surface area (Å²) in [6.45, 7) is -0.140. The molecule has 83 heavy (non-hydrogen) atoms. The largest absolute Gasteiger partial charge is 0.312 e. The Morgan fingerprint density at radius 3 is 0.976 bits per heavy atom. The van der Waals surface area contributed by atoms with Crippen LogP contribution in [0.3, 0.4) is 0 Å². The molecular weight excluding hydrogens is 1000 g/mol. The quantitative estimate of drug-likeness (QED) is 0.126. The van der Waals surface area contributed by atoms with Crippen LogP contribution in [0.2, 0.25) is 0 Å². The van der Waals surface area contributed by atoms with Gasteiger partial charge in [0.2, 0.25) is 6.71 Å². The highest BCUT2D eigenvalue weighted by Crippen LogP contribution is 2.52. The molecule has 0 aromatic heterocycles. The number of nitrogens with zero attached hydrogens (tertiary/aromatic N) is 3. The molecule has 0 bridgehead atoms. The summed E-state index contributed by atoms with van der Waals surface area (Å²) in [5.74, 6) is 0. The van der Waals surface area contributed by atoms with Crippen molar-refractivity contribution in [3.63, 3.8) is 0 Å². The molecule has 5 heteroatoms. The summed E-state index contributed by atoms with van der Waals surface area (Å²) < 4.78 is 0. The SMILES string of the molecule is c1ccc(-c2ccc(N(c3ccc(-c4ccccc4)cc3)c3cc4c5c(c3N(c3ccc(-c6ccccc6)cc3)c3ccc(-c6ccccc6)cc3)B3c6ccccc6-c6cccc(c63)N5c3cccc5c3B4c3ccccc3-5)cc2)cc1. The van der Waals surface area contributed by atoms with Gasteiger partial charge in [-0.05, 0) is 155 Å². The molecule has 0 atom stereocenters. The van der Waals surface area contributed by atoms with Gasteiger partial charge in [-0.2, -0.15) is 0 Å². The van der Waals surface area contributed by atoms with Gasteiger partial charge in [-0.15, -0.1) is 0 Å². The normalized spacial score (nSPS) is 12.5. The van der Waals surface area contributed by atoms with Crippen molar-refractivity contribution in [2.75, 3.05) is 14.7 Å². The van der Waals surface area contributed by atoms with E-state index < -0.39 is 0 Å². The van der Waals surface area contributed by atoms with Gasteiger partial charge in [-0.1, -0.05) is 254 Å². The maximum atomic E-state index is 2.67. The molecule has 4 aliphatic heterocycles. The molecule has 13 aromatic carbocycles. The van der Waals surface area contributed by atoms with Gasteiger partial charge in [0, 0.05) is 39.8 Å². The number of rotatable bonds is 10. The molecule has 13 aromatic rings. The molecule has 0 aliphatic carbocycles. The Bertz CT molecular complexity index is 4470. The average molecular weight is 1050 g/mol. The first-order chi connectivity index (χ1) is 41.2. The Morgan fingerprint density at radius 1 is 0.241 bits per heavy atom. The van der Waals surface area contributed by atoms with Gasteiger partial charge in [-0.3, -0.25) is 0 Å². The fourth-order valence-corrected chi connectivity index (χ4v) is 14.3. The van der Waals surface area contributed by atoms with Gasteiger partial charge in [0.25, 0.3) is 6.71 Å². The van der Waals surface area contributed by atoms with E-state index in [-0.39, 0.29) is 13.4 Å². The van der Waals surface area contributed by atoms with Gasteiger partial charge >= 0.3 is 0 Å². The van der Waals surface area contributed by atoms with Gasteiger partial charge in [0.1, 0.15) is 0 Å². The lowest BCUT2D eigenvalue weighted by molar-refractivity contribution is 1.22. The standard InChI is InChI=1S/C78H51B2N3/c1-5-19-52(20-6-1)56-35-43-60(44-36-56)81(61-45-37-57(38-46-61)53-21-7-2-8-22-53)73-51-70-77-76(78(73)82(62-47-39-58(40-48-62)54-23-9-3-10-24-54)63-49-41-59(42-50-63)55-25-11-4-12-26-55)80-69-32-16-14-28-65(69)67-30-18-34-72(75(67)80)83(77)71-33-17-29-66-64-27-13-15-31-68(64)79(70)74(66)71/h1-51H. The zero-order chi connectivity index (χ0) is 54.5. The fourth-order valence-electron chi connectivity index (χ4n) is 14.3. The lowest BCUT2D eigenvalue weighted by Crippen LogP contribution is -2.63. The van der Waals surface area contributed by atoms with Crippen LogP contribution < -0.4 is 47.5 Å². The van der Waals surface area contributed by atoms with Crippen molar-refractivity contribution in [2.45, 2.75) is 0 Å². The van der Waals surface area contributed by atoms with Crippen molar-refractivity contribution in [3.8, 4) is 66.8 Å². The fraction of sp³-hybridized carbons (Fsp3) is 0. The predicted octanol–water partition coefficient (Wildman–Crippen LogP) is 16.4. The Kier molecular flexibility index (Phi) is 10.8. The topological polar surface area (TPSA) is 9.72 Å². The molecule has 0 fully saturated rings. The molecule has 4 heterocycles. The highest BCUT2D eigenvalue weighted by molar-refractivity contribution is 7.06. The number of benzene rings is 13. The summed E-state index contributed by atoms with van der Waals surface area (Å²) in [7, 11) is 0. The minimum absolute atomic E-state index is 0.0249. The zero-order valence-electron chi connectivity index (χ0n) is 45.4. The van der Waals surface area contributed by atoms with E-state index in [2.05, 4.69) is 324 Å². The molecule has 0 amide bonds. The van der Waals surface area contributed by atoms with Gasteiger partial charge < -0.3 is 14.7 Å². The van der Waals surface area contributed by atoms with Crippen LogP contribution in [0, 0.1) is 0 Å². The second kappa shape index (κ2) is 19.0. The number of anilines is 9. The monoisotopic (exact) mass is 1050 g/mol. The summed E-state index contributed by atoms with van der Waals surface area (Å²) in [5, 5.41) is 0. The Morgan fingerprint density at radius 2 is 0.566 bits per heavy atom. The molecular formula is C78H51B2N3. The lowest BCUT2D eigenvalue weighted by atomic mass is 9.32. The van der Waals surface area contributed by atoms with E-state index in [0.29, 0.717) is 0 Å². The molecule has 0 spiro atoms. The van der Waals surface area contributed by atoms with Crippen molar-refractivity contribution in [1.29, 1.82) is 0 Å². The van der Waals surface area contributed by atoms with Crippen LogP contribution in [0.1, 0.15) is 0 Å². The number of fused-ring (bicyclic) bond motifs is 10. The average Bonchev–Trinajstić information content (AvgIpc) is 1.69. The van der Waals surface area contributed by atoms with Gasteiger partial charge in [0.15, 0.2) is 0 Å². The van der Waals surface area contributed by atoms with E-state index in [9.17, 15) is 0 Å². The molecule has 0 N–H and O–H groups in total. The molecule has 17 rings (SSSR count). The maximum absolute atomic E-state index is 2.67. The van der Waals surface area contributed by atoms with Crippen LogP contribution in [0.15, 0.2) is 309 Å². The van der Waals surface area contributed by atoms with Crippen molar-refractivity contribution < 1.29 is 0 Å². The third-order valence-electron chi connectivity index (χ3n) is 17.9. The van der Waals surface area contributed by atoms with Crippen LogP contribution in [0.5, 0.6) is 0 Å². The highest BCUT2D eigenvalue weighted by Gasteiger charge is 2.52. The van der Waals surface area contributed by atoms with Crippen molar-refractivity contribution in [1.82, 2.24) is 0 Å². The van der Waals surface area contributed by atoms with Crippen LogP contribution in [0.4, 0.5) is 51.2 Å². The first-order valence-electron chi connectivity index (χ1n) is 28.9. The van der Waals surface area contributed by atoms with E-state index in [4.69, 9.17) is 0 Å². The Hall–Kier alpha value is -10.6. The zero-order valence-corrected chi connectivity index (χ0v) is 45.4. The van der Waals surface area contributed by atoms with E-state index in [1.807, 2.05) is 0 Å². The Labute approximate surface area is 485 Å². The molecule has 3 nitrogen and oxygen atoms in total. The first kappa shape index (κ1) is 47.2. The lowest BCUT2D eigenvalue weighted by Gasteiger charge is -2.46. The van der Waals surface area contributed by atoms with Gasteiger partial charge in [-0.25, -0.2) is 0 Å². The Balaban J connectivity index is 1.02.